The molecule has 1 unspecified atom stereocenters. The molecule has 2 aromatic rings. The molecule has 2 amide bonds. The van der Waals surface area contributed by atoms with Crippen molar-refractivity contribution in [3.63, 3.8) is 0 Å². The number of piperidine rings is 1. The summed E-state index contributed by atoms with van der Waals surface area (Å²) < 4.78 is 8.13. The summed E-state index contributed by atoms with van der Waals surface area (Å²) in [5.74, 6) is -0.745. The smallest absolute Gasteiger partial charge is 0.329 e. The lowest BCUT2D eigenvalue weighted by Gasteiger charge is -2.21. The number of carbonyl (C=O) groups is 3. The molecular weight excluding hydrogens is 338 g/mol. The topological polar surface area (TPSA) is 99.4 Å². The molecule has 1 aromatic carbocycles. The van der Waals surface area contributed by atoms with Gasteiger partial charge in [0.15, 0.2) is 0 Å². The zero-order valence-corrected chi connectivity index (χ0v) is 14.6. The third-order valence-electron chi connectivity index (χ3n) is 4.62. The van der Waals surface area contributed by atoms with Crippen molar-refractivity contribution >= 4 is 29.1 Å². The van der Waals surface area contributed by atoms with Crippen LogP contribution in [0.5, 0.6) is 0 Å². The Balaban J connectivity index is 1.86. The van der Waals surface area contributed by atoms with Gasteiger partial charge in [0, 0.05) is 20.1 Å². The van der Waals surface area contributed by atoms with Crippen LogP contribution in [0.4, 0.5) is 0 Å². The van der Waals surface area contributed by atoms with Crippen LogP contribution in [0, 0.1) is 0 Å². The molecule has 1 aliphatic heterocycles. The van der Waals surface area contributed by atoms with E-state index >= 15 is 0 Å². The van der Waals surface area contributed by atoms with E-state index in [2.05, 4.69) is 5.32 Å². The summed E-state index contributed by atoms with van der Waals surface area (Å²) in [5.41, 5.74) is 2.18. The first kappa shape index (κ1) is 18.1. The Labute approximate surface area is 149 Å². The van der Waals surface area contributed by atoms with Crippen molar-refractivity contribution in [3.05, 3.63) is 34.2 Å². The average molecular weight is 359 g/mol. The minimum atomic E-state index is -0.675. The first-order chi connectivity index (χ1) is 12.5. The highest BCUT2D eigenvalue weighted by molar-refractivity contribution is 6.00. The maximum absolute atomic E-state index is 12.7. The van der Waals surface area contributed by atoms with Gasteiger partial charge in [0.05, 0.1) is 11.0 Å². The first-order valence-electron chi connectivity index (χ1n) is 8.58. The zero-order valence-electron chi connectivity index (χ0n) is 14.6. The molecule has 0 bridgehead atoms. The molecule has 1 fully saturated rings. The highest BCUT2D eigenvalue weighted by Gasteiger charge is 2.31. The Morgan fingerprint density at radius 2 is 2.08 bits per heavy atom. The van der Waals surface area contributed by atoms with Crippen molar-refractivity contribution in [1.29, 1.82) is 0 Å². The second-order valence-corrected chi connectivity index (χ2v) is 6.35. The number of aldehydes is 1. The van der Waals surface area contributed by atoms with Gasteiger partial charge in [0.2, 0.25) is 11.8 Å². The number of aryl methyl sites for hydroxylation is 2. The van der Waals surface area contributed by atoms with E-state index < -0.39 is 11.9 Å². The number of nitrogens with one attached hydrogen (secondary N) is 1. The fourth-order valence-corrected chi connectivity index (χ4v) is 3.30. The summed E-state index contributed by atoms with van der Waals surface area (Å²) in [5, 5.41) is 2.30. The van der Waals surface area contributed by atoms with Crippen molar-refractivity contribution in [2.45, 2.75) is 31.7 Å². The maximum Gasteiger partial charge on any atom is 0.329 e. The summed E-state index contributed by atoms with van der Waals surface area (Å²) in [6.07, 6.45) is 2.78. The van der Waals surface area contributed by atoms with Crippen molar-refractivity contribution < 1.29 is 19.1 Å². The number of aromatic nitrogens is 2. The quantitative estimate of drug-likeness (QED) is 0.440. The lowest BCUT2D eigenvalue weighted by atomic mass is 10.1. The molecule has 8 nitrogen and oxygen atoms in total. The van der Waals surface area contributed by atoms with E-state index in [0.717, 1.165) is 30.2 Å². The van der Waals surface area contributed by atoms with Gasteiger partial charge in [-0.1, -0.05) is 6.07 Å². The highest BCUT2D eigenvalue weighted by atomic mass is 16.5. The third-order valence-corrected chi connectivity index (χ3v) is 4.62. The molecule has 0 spiro atoms. The van der Waals surface area contributed by atoms with Crippen LogP contribution in [0.25, 0.3) is 11.0 Å². The normalized spacial score (nSPS) is 17.5. The Morgan fingerprint density at radius 3 is 2.81 bits per heavy atom. The van der Waals surface area contributed by atoms with Gasteiger partial charge in [-0.25, -0.2) is 4.79 Å². The van der Waals surface area contributed by atoms with E-state index in [4.69, 9.17) is 4.74 Å². The number of imide groups is 1. The van der Waals surface area contributed by atoms with E-state index in [-0.39, 0.29) is 24.6 Å². The number of imidazole rings is 1. The lowest BCUT2D eigenvalue weighted by molar-refractivity contribution is -0.135. The lowest BCUT2D eigenvalue weighted by Crippen LogP contribution is -2.44. The van der Waals surface area contributed by atoms with Crippen LogP contribution in [-0.2, 0) is 32.6 Å². The van der Waals surface area contributed by atoms with Gasteiger partial charge in [-0.05, 0) is 37.0 Å². The van der Waals surface area contributed by atoms with Gasteiger partial charge in [0.25, 0.3) is 0 Å². The van der Waals surface area contributed by atoms with Gasteiger partial charge in [0.1, 0.15) is 18.9 Å². The highest BCUT2D eigenvalue weighted by Crippen LogP contribution is 2.24. The fourth-order valence-electron chi connectivity index (χ4n) is 3.30. The minimum absolute atomic E-state index is 0.0995. The van der Waals surface area contributed by atoms with Gasteiger partial charge in [-0.3, -0.25) is 24.0 Å². The molecule has 26 heavy (non-hydrogen) atoms. The number of carbonyl (C=O) groups excluding carboxylic acids is 3. The molecule has 1 N–H and O–H groups in total. The molecule has 3 rings (SSSR count). The van der Waals surface area contributed by atoms with Crippen LogP contribution in [-0.4, -0.2) is 40.4 Å². The Morgan fingerprint density at radius 1 is 1.27 bits per heavy atom. The molecule has 0 radical (unpaired) electrons. The monoisotopic (exact) mass is 359 g/mol. The summed E-state index contributed by atoms with van der Waals surface area (Å²) in [6.45, 7) is 0.593. The summed E-state index contributed by atoms with van der Waals surface area (Å²) >= 11 is 0. The molecule has 8 heteroatoms. The number of rotatable bonds is 7. The van der Waals surface area contributed by atoms with E-state index in [1.807, 2.05) is 18.2 Å². The van der Waals surface area contributed by atoms with Crippen LogP contribution in [0.15, 0.2) is 23.0 Å². The predicted molar refractivity (Wildman–Crippen MR) is 93.8 cm³/mol. The van der Waals surface area contributed by atoms with Crippen molar-refractivity contribution in [2.24, 2.45) is 7.05 Å². The Bertz CT molecular complexity index is 911. The zero-order chi connectivity index (χ0) is 18.7. The summed E-state index contributed by atoms with van der Waals surface area (Å²) in [7, 11) is 1.67. The van der Waals surface area contributed by atoms with E-state index in [0.29, 0.717) is 18.5 Å². The van der Waals surface area contributed by atoms with Crippen LogP contribution in [0.1, 0.15) is 30.9 Å². The van der Waals surface area contributed by atoms with Crippen LogP contribution < -0.4 is 11.0 Å². The van der Waals surface area contributed by atoms with E-state index in [1.54, 1.807) is 7.05 Å². The van der Waals surface area contributed by atoms with Crippen LogP contribution >= 0.6 is 0 Å². The second kappa shape index (κ2) is 7.65. The number of benzene rings is 1. The van der Waals surface area contributed by atoms with E-state index in [1.165, 1.54) is 9.13 Å². The Hall–Kier alpha value is -2.74. The third kappa shape index (κ3) is 3.45. The maximum atomic E-state index is 12.7. The van der Waals surface area contributed by atoms with Gasteiger partial charge >= 0.3 is 5.69 Å². The van der Waals surface area contributed by atoms with Crippen molar-refractivity contribution in [1.82, 2.24) is 14.5 Å². The minimum Gasteiger partial charge on any atom is -0.374 e. The standard InChI is InChI=1S/C18H21N3O5/c1-20-15-11-12(3-2-9-26-10-8-22)4-5-13(15)21(18(20)25)14-6-7-16(23)19-17(14)24/h4-5,8,11,14H,2-3,6-7,9-10H2,1H3,(H,19,23,24). The fraction of sp³-hybridized carbons (Fsp3) is 0.444. The largest absolute Gasteiger partial charge is 0.374 e. The second-order valence-electron chi connectivity index (χ2n) is 6.35. The van der Waals surface area contributed by atoms with Crippen molar-refractivity contribution in [3.8, 4) is 0 Å². The number of hydrogen-bond acceptors (Lipinski definition) is 5. The van der Waals surface area contributed by atoms with E-state index in [9.17, 15) is 19.2 Å². The van der Waals surface area contributed by atoms with Gasteiger partial charge < -0.3 is 9.53 Å². The number of hydrogen-bond donors (Lipinski definition) is 1. The predicted octanol–water partition coefficient (Wildman–Crippen LogP) is 0.466. The molecule has 138 valence electrons. The van der Waals surface area contributed by atoms with Crippen molar-refractivity contribution in [2.75, 3.05) is 13.2 Å². The average Bonchev–Trinajstić information content (AvgIpc) is 2.86. The van der Waals surface area contributed by atoms with Gasteiger partial charge in [-0.2, -0.15) is 0 Å². The van der Waals surface area contributed by atoms with Crippen LogP contribution in [0.3, 0.4) is 0 Å². The number of nitrogens with zero attached hydrogens (tertiary/aromatic N) is 2. The summed E-state index contributed by atoms with van der Waals surface area (Å²) in [4.78, 5) is 46.4. The number of ether oxygens (including phenoxy) is 1. The molecule has 1 saturated heterocycles. The SMILES string of the molecule is Cn1c(=O)n(C2CCC(=O)NC2=O)c2ccc(CCCOCC=O)cc21. The molecule has 0 saturated carbocycles. The number of fused-ring (bicyclic) bond motifs is 1. The molecule has 1 aromatic heterocycles. The Kier molecular flexibility index (Phi) is 5.32. The molecule has 1 atom stereocenters. The molecule has 1 aliphatic rings. The van der Waals surface area contributed by atoms with Crippen LogP contribution in [0.2, 0.25) is 0 Å². The molecule has 2 heterocycles. The molecular formula is C18H21N3O5. The number of amides is 2. The molecule has 0 aliphatic carbocycles. The first-order valence-corrected chi connectivity index (χ1v) is 8.58. The summed E-state index contributed by atoms with van der Waals surface area (Å²) in [6, 6.07) is 5.01. The van der Waals surface area contributed by atoms with Gasteiger partial charge in [-0.15, -0.1) is 0 Å².